The molecule has 33 heavy (non-hydrogen) atoms. The van der Waals surface area contributed by atoms with Gasteiger partial charge in [-0.25, -0.2) is 0 Å². The maximum atomic E-state index is 12.9. The Bertz CT molecular complexity index is 1150. The van der Waals surface area contributed by atoms with Gasteiger partial charge in [0.2, 0.25) is 0 Å². The van der Waals surface area contributed by atoms with Crippen molar-refractivity contribution in [2.45, 2.75) is 32.3 Å². The molecule has 0 bridgehead atoms. The van der Waals surface area contributed by atoms with Crippen LogP contribution in [0, 0.1) is 12.8 Å². The normalized spacial score (nSPS) is 14.0. The van der Waals surface area contributed by atoms with E-state index in [4.69, 9.17) is 9.84 Å². The van der Waals surface area contributed by atoms with Gasteiger partial charge < -0.3 is 20.3 Å². The maximum Gasteiger partial charge on any atom is 0.265 e. The Morgan fingerprint density at radius 3 is 2.73 bits per heavy atom. The van der Waals surface area contributed by atoms with Gasteiger partial charge in [-0.2, -0.15) is 0 Å². The van der Waals surface area contributed by atoms with E-state index >= 15 is 0 Å². The van der Waals surface area contributed by atoms with E-state index in [1.54, 1.807) is 18.2 Å². The Morgan fingerprint density at radius 1 is 1.15 bits per heavy atom. The fourth-order valence-electron chi connectivity index (χ4n) is 3.42. The van der Waals surface area contributed by atoms with Crippen LogP contribution in [-0.2, 0) is 0 Å². The van der Waals surface area contributed by atoms with Gasteiger partial charge in [0.25, 0.3) is 5.91 Å². The van der Waals surface area contributed by atoms with Gasteiger partial charge >= 0.3 is 0 Å². The zero-order valence-corrected chi connectivity index (χ0v) is 19.2. The molecule has 1 aliphatic carbocycles. The summed E-state index contributed by atoms with van der Waals surface area (Å²) in [5, 5.41) is 21.3. The highest BCUT2D eigenvalue weighted by Gasteiger charge is 2.25. The number of nitrogens with one attached hydrogen (secondary N) is 1. The SMILES string of the molecule is Cc1ccc(C(=O)CC2CC2)cc1NC(=O)c1ccc(-c2cccc(OC[C@@H](O)CO)c2)s1. The predicted molar refractivity (Wildman–Crippen MR) is 129 cm³/mol. The average molecular weight is 466 g/mol. The minimum absolute atomic E-state index is 0.000373. The second-order valence-electron chi connectivity index (χ2n) is 8.39. The molecular formula is C26H27NO5S. The van der Waals surface area contributed by atoms with Gasteiger partial charge in [0, 0.05) is 22.5 Å². The van der Waals surface area contributed by atoms with Crippen LogP contribution in [0.25, 0.3) is 10.4 Å². The van der Waals surface area contributed by atoms with Crippen LogP contribution in [0.3, 0.4) is 0 Å². The van der Waals surface area contributed by atoms with Crippen LogP contribution in [0.2, 0.25) is 0 Å². The molecule has 1 atom stereocenters. The lowest BCUT2D eigenvalue weighted by Gasteiger charge is -2.10. The Hall–Kier alpha value is -3.00. The summed E-state index contributed by atoms with van der Waals surface area (Å²) < 4.78 is 5.51. The first kappa shape index (κ1) is 23.2. The number of benzene rings is 2. The summed E-state index contributed by atoms with van der Waals surface area (Å²) in [5.74, 6) is 0.993. The third kappa shape index (κ3) is 6.07. The van der Waals surface area contributed by atoms with Crippen molar-refractivity contribution >= 4 is 28.7 Å². The summed E-state index contributed by atoms with van der Waals surface area (Å²) in [4.78, 5) is 26.8. The van der Waals surface area contributed by atoms with E-state index in [-0.39, 0.29) is 24.9 Å². The fourth-order valence-corrected chi connectivity index (χ4v) is 4.31. The molecule has 1 heterocycles. The molecule has 0 saturated heterocycles. The van der Waals surface area contributed by atoms with Gasteiger partial charge in [-0.1, -0.05) is 24.3 Å². The number of aliphatic hydroxyl groups is 2. The molecule has 3 aromatic rings. The number of rotatable bonds is 10. The van der Waals surface area contributed by atoms with E-state index in [0.29, 0.717) is 34.2 Å². The molecule has 4 rings (SSSR count). The van der Waals surface area contributed by atoms with Crippen molar-refractivity contribution in [2.24, 2.45) is 5.92 Å². The lowest BCUT2D eigenvalue weighted by molar-refractivity contribution is 0.0536. The Morgan fingerprint density at radius 2 is 1.97 bits per heavy atom. The zero-order valence-electron chi connectivity index (χ0n) is 18.4. The quantitative estimate of drug-likeness (QED) is 0.378. The number of anilines is 1. The number of thiophene rings is 1. The average Bonchev–Trinajstić information content (AvgIpc) is 3.49. The van der Waals surface area contributed by atoms with Crippen LogP contribution in [0.4, 0.5) is 5.69 Å². The van der Waals surface area contributed by atoms with E-state index in [9.17, 15) is 14.7 Å². The predicted octanol–water partition coefficient (Wildman–Crippen LogP) is 4.69. The number of hydrogen-bond acceptors (Lipinski definition) is 6. The van der Waals surface area contributed by atoms with Crippen LogP contribution in [0.1, 0.15) is 44.9 Å². The number of hydrogen-bond donors (Lipinski definition) is 3. The largest absolute Gasteiger partial charge is 0.491 e. The van der Waals surface area contributed by atoms with Gasteiger partial charge in [-0.15, -0.1) is 11.3 Å². The molecule has 1 fully saturated rings. The van der Waals surface area contributed by atoms with Crippen LogP contribution in [0.15, 0.2) is 54.6 Å². The third-order valence-electron chi connectivity index (χ3n) is 5.58. The number of aliphatic hydroxyl groups excluding tert-OH is 2. The number of aryl methyl sites for hydroxylation is 1. The Labute approximate surface area is 196 Å². The summed E-state index contributed by atoms with van der Waals surface area (Å²) in [6, 6.07) is 16.5. The number of carbonyl (C=O) groups excluding carboxylic acids is 2. The van der Waals surface area contributed by atoms with Crippen molar-refractivity contribution in [1.29, 1.82) is 0 Å². The Kier molecular flexibility index (Phi) is 7.23. The van der Waals surface area contributed by atoms with Crippen molar-refractivity contribution in [3.8, 4) is 16.2 Å². The van der Waals surface area contributed by atoms with E-state index in [1.807, 2.05) is 43.3 Å². The molecule has 0 radical (unpaired) electrons. The number of carbonyl (C=O) groups is 2. The molecule has 0 unspecified atom stereocenters. The van der Waals surface area contributed by atoms with E-state index in [2.05, 4.69) is 5.32 Å². The molecule has 6 nitrogen and oxygen atoms in total. The molecule has 1 aromatic heterocycles. The number of ether oxygens (including phenoxy) is 1. The topological polar surface area (TPSA) is 95.9 Å². The number of ketones is 1. The highest BCUT2D eigenvalue weighted by molar-refractivity contribution is 7.17. The van der Waals surface area contributed by atoms with Crippen molar-refractivity contribution in [3.63, 3.8) is 0 Å². The van der Waals surface area contributed by atoms with Gasteiger partial charge in [0.05, 0.1) is 11.5 Å². The molecule has 3 N–H and O–H groups in total. The van der Waals surface area contributed by atoms with Crippen molar-refractivity contribution < 1.29 is 24.5 Å². The van der Waals surface area contributed by atoms with Gasteiger partial charge in [0.1, 0.15) is 18.5 Å². The van der Waals surface area contributed by atoms with Gasteiger partial charge in [-0.3, -0.25) is 9.59 Å². The second kappa shape index (κ2) is 10.3. The van der Waals surface area contributed by atoms with Gasteiger partial charge in [0.15, 0.2) is 5.78 Å². The van der Waals surface area contributed by atoms with E-state index in [0.717, 1.165) is 28.8 Å². The first-order valence-electron chi connectivity index (χ1n) is 11.0. The molecule has 0 aliphatic heterocycles. The smallest absolute Gasteiger partial charge is 0.265 e. The lowest BCUT2D eigenvalue weighted by Crippen LogP contribution is -2.21. The monoisotopic (exact) mass is 465 g/mol. The molecule has 1 amide bonds. The molecular weight excluding hydrogens is 438 g/mol. The summed E-state index contributed by atoms with van der Waals surface area (Å²) in [7, 11) is 0. The third-order valence-corrected chi connectivity index (χ3v) is 6.71. The lowest BCUT2D eigenvalue weighted by atomic mass is 10.0. The first-order chi connectivity index (χ1) is 15.9. The van der Waals surface area contributed by atoms with Gasteiger partial charge in [-0.05, 0) is 67.1 Å². The van der Waals surface area contributed by atoms with E-state index < -0.39 is 6.10 Å². The minimum atomic E-state index is -0.934. The fraction of sp³-hybridized carbons (Fsp3) is 0.308. The number of amides is 1. The minimum Gasteiger partial charge on any atom is -0.491 e. The molecule has 2 aromatic carbocycles. The highest BCUT2D eigenvalue weighted by Crippen LogP contribution is 2.34. The van der Waals surface area contributed by atoms with Crippen molar-refractivity contribution in [1.82, 2.24) is 0 Å². The standard InChI is InChI=1S/C26H27NO5S/c1-16-5-8-18(23(30)11-17-6-7-17)13-22(16)27-26(31)25-10-9-24(33-25)19-3-2-4-21(12-19)32-15-20(29)14-28/h2-5,8-10,12-13,17,20,28-29H,6-7,11,14-15H2,1H3,(H,27,31)/t20-/m0/s1. The van der Waals surface area contributed by atoms with Crippen LogP contribution >= 0.6 is 11.3 Å². The first-order valence-corrected chi connectivity index (χ1v) is 11.8. The van der Waals surface area contributed by atoms with Crippen LogP contribution in [0.5, 0.6) is 5.75 Å². The second-order valence-corrected chi connectivity index (χ2v) is 9.48. The highest BCUT2D eigenvalue weighted by atomic mass is 32.1. The van der Waals surface area contributed by atoms with Crippen LogP contribution < -0.4 is 10.1 Å². The van der Waals surface area contributed by atoms with Crippen molar-refractivity contribution in [2.75, 3.05) is 18.5 Å². The number of Topliss-reactive ketones (excluding diaryl/α,β-unsaturated/α-hetero) is 1. The van der Waals surface area contributed by atoms with E-state index in [1.165, 1.54) is 11.3 Å². The summed E-state index contributed by atoms with van der Waals surface area (Å²) in [5.41, 5.74) is 3.07. The van der Waals surface area contributed by atoms with Crippen LogP contribution in [-0.4, -0.2) is 41.2 Å². The molecule has 7 heteroatoms. The summed E-state index contributed by atoms with van der Waals surface area (Å²) >= 11 is 1.36. The molecule has 1 saturated carbocycles. The zero-order chi connectivity index (χ0) is 23.4. The molecule has 172 valence electrons. The Balaban J connectivity index is 1.45. The maximum absolute atomic E-state index is 12.9. The molecule has 0 spiro atoms. The van der Waals surface area contributed by atoms with Crippen molar-refractivity contribution in [3.05, 3.63) is 70.6 Å². The summed E-state index contributed by atoms with van der Waals surface area (Å²) in [6.45, 7) is 1.55. The summed E-state index contributed by atoms with van der Waals surface area (Å²) in [6.07, 6.45) is 1.90. The molecule has 1 aliphatic rings.